The number of thioether (sulfide) groups is 1. The van der Waals surface area contributed by atoms with Crippen LogP contribution in [0.1, 0.15) is 19.4 Å². The molecule has 0 bridgehead atoms. The van der Waals surface area contributed by atoms with Crippen molar-refractivity contribution in [2.24, 2.45) is 0 Å². The van der Waals surface area contributed by atoms with Gasteiger partial charge in [-0.25, -0.2) is 13.1 Å². The van der Waals surface area contributed by atoms with E-state index in [1.54, 1.807) is 23.9 Å². The standard InChI is InChI=1S/C13H21NO4S2/c1-13(2,19-4)9-14-20(16,17)12-7-10(8-15)5-6-11(12)18-3/h5-7,14-15H,8-9H2,1-4H3. The van der Waals surface area contributed by atoms with Gasteiger partial charge in [-0.1, -0.05) is 6.07 Å². The van der Waals surface area contributed by atoms with Crippen LogP contribution in [0.15, 0.2) is 23.1 Å². The van der Waals surface area contributed by atoms with Crippen LogP contribution in [0.2, 0.25) is 0 Å². The number of rotatable bonds is 7. The van der Waals surface area contributed by atoms with Gasteiger partial charge in [-0.05, 0) is 37.8 Å². The third kappa shape index (κ3) is 4.37. The van der Waals surface area contributed by atoms with Gasteiger partial charge in [-0.15, -0.1) is 0 Å². The molecule has 0 aliphatic carbocycles. The third-order valence-corrected chi connectivity index (χ3v) is 5.61. The summed E-state index contributed by atoms with van der Waals surface area (Å²) in [5.74, 6) is 0.261. The Bertz CT molecular complexity index is 555. The fourth-order valence-electron chi connectivity index (χ4n) is 1.45. The van der Waals surface area contributed by atoms with Gasteiger partial charge in [0.05, 0.1) is 13.7 Å². The predicted octanol–water partition coefficient (Wildman–Crippen LogP) is 1.61. The number of aliphatic hydroxyl groups excluding tert-OH is 1. The van der Waals surface area contributed by atoms with Crippen LogP contribution in [0, 0.1) is 0 Å². The monoisotopic (exact) mass is 319 g/mol. The van der Waals surface area contributed by atoms with E-state index in [9.17, 15) is 8.42 Å². The average molecular weight is 319 g/mol. The number of hydrogen-bond acceptors (Lipinski definition) is 5. The van der Waals surface area contributed by atoms with Crippen molar-refractivity contribution in [1.29, 1.82) is 0 Å². The molecule has 0 aliphatic heterocycles. The SMILES string of the molecule is COc1ccc(CO)cc1S(=O)(=O)NCC(C)(C)SC. The largest absolute Gasteiger partial charge is 0.495 e. The van der Waals surface area contributed by atoms with E-state index in [-0.39, 0.29) is 22.0 Å². The van der Waals surface area contributed by atoms with E-state index < -0.39 is 10.0 Å². The molecule has 2 N–H and O–H groups in total. The van der Waals surface area contributed by atoms with Crippen LogP contribution in [-0.2, 0) is 16.6 Å². The maximum atomic E-state index is 12.4. The second-order valence-corrected chi connectivity index (χ2v) is 8.18. The summed E-state index contributed by atoms with van der Waals surface area (Å²) >= 11 is 1.58. The number of sulfonamides is 1. The van der Waals surface area contributed by atoms with Crippen molar-refractivity contribution in [3.63, 3.8) is 0 Å². The lowest BCUT2D eigenvalue weighted by atomic mass is 10.2. The highest BCUT2D eigenvalue weighted by Gasteiger charge is 2.24. The molecule has 0 atom stereocenters. The Morgan fingerprint density at radius 3 is 2.55 bits per heavy atom. The van der Waals surface area contributed by atoms with Crippen LogP contribution in [0.5, 0.6) is 5.75 Å². The summed E-state index contributed by atoms with van der Waals surface area (Å²) in [6, 6.07) is 4.59. The first-order valence-electron chi connectivity index (χ1n) is 6.08. The van der Waals surface area contributed by atoms with E-state index in [1.165, 1.54) is 13.2 Å². The fourth-order valence-corrected chi connectivity index (χ4v) is 3.19. The van der Waals surface area contributed by atoms with E-state index >= 15 is 0 Å². The van der Waals surface area contributed by atoms with Crippen LogP contribution in [-0.4, -0.2) is 38.2 Å². The molecule has 0 saturated heterocycles. The first kappa shape index (κ1) is 17.3. The molecule has 20 heavy (non-hydrogen) atoms. The normalized spacial score (nSPS) is 12.4. The van der Waals surface area contributed by atoms with Gasteiger partial charge in [-0.2, -0.15) is 11.8 Å². The molecule has 0 saturated carbocycles. The molecule has 0 unspecified atom stereocenters. The third-order valence-electron chi connectivity index (χ3n) is 2.94. The van der Waals surface area contributed by atoms with Gasteiger partial charge in [0.2, 0.25) is 10.0 Å². The molecule has 0 aromatic heterocycles. The lowest BCUT2D eigenvalue weighted by molar-refractivity contribution is 0.281. The molecule has 0 heterocycles. The number of nitrogens with one attached hydrogen (secondary N) is 1. The Balaban J connectivity index is 3.08. The summed E-state index contributed by atoms with van der Waals surface area (Å²) < 4.78 is 32.2. The Hall–Kier alpha value is -0.760. The molecular weight excluding hydrogens is 298 g/mol. The summed E-state index contributed by atoms with van der Waals surface area (Å²) in [6.07, 6.45) is 1.93. The van der Waals surface area contributed by atoms with E-state index in [0.29, 0.717) is 12.1 Å². The molecule has 0 spiro atoms. The van der Waals surface area contributed by atoms with Crippen molar-refractivity contribution in [2.45, 2.75) is 30.1 Å². The van der Waals surface area contributed by atoms with Gasteiger partial charge in [0, 0.05) is 11.3 Å². The maximum Gasteiger partial charge on any atom is 0.244 e. The van der Waals surface area contributed by atoms with Gasteiger partial charge in [0.1, 0.15) is 10.6 Å². The molecular formula is C13H21NO4S2. The zero-order chi connectivity index (χ0) is 15.4. The lowest BCUT2D eigenvalue weighted by Gasteiger charge is -2.22. The number of ether oxygens (including phenoxy) is 1. The van der Waals surface area contributed by atoms with E-state index in [0.717, 1.165) is 0 Å². The van der Waals surface area contributed by atoms with E-state index in [2.05, 4.69) is 4.72 Å². The lowest BCUT2D eigenvalue weighted by Crippen LogP contribution is -2.36. The molecule has 7 heteroatoms. The average Bonchev–Trinajstić information content (AvgIpc) is 2.44. The van der Waals surface area contributed by atoms with Gasteiger partial charge in [-0.3, -0.25) is 0 Å². The fraction of sp³-hybridized carbons (Fsp3) is 0.538. The first-order chi connectivity index (χ1) is 9.25. The molecule has 0 fully saturated rings. The first-order valence-corrected chi connectivity index (χ1v) is 8.79. The number of benzene rings is 1. The predicted molar refractivity (Wildman–Crippen MR) is 81.7 cm³/mol. The minimum Gasteiger partial charge on any atom is -0.495 e. The molecule has 114 valence electrons. The summed E-state index contributed by atoms with van der Waals surface area (Å²) in [6.45, 7) is 4.01. The maximum absolute atomic E-state index is 12.4. The highest BCUT2D eigenvalue weighted by atomic mass is 32.2. The van der Waals surface area contributed by atoms with Gasteiger partial charge in [0.15, 0.2) is 0 Å². The van der Waals surface area contributed by atoms with Crippen LogP contribution in [0.3, 0.4) is 0 Å². The number of hydrogen-bond donors (Lipinski definition) is 2. The molecule has 0 amide bonds. The Labute approximate surface area is 124 Å². The van der Waals surface area contributed by atoms with Crippen LogP contribution >= 0.6 is 11.8 Å². The minimum atomic E-state index is -3.68. The zero-order valence-electron chi connectivity index (χ0n) is 12.1. The minimum absolute atomic E-state index is 0.0449. The van der Waals surface area contributed by atoms with E-state index in [1.807, 2.05) is 20.1 Å². The van der Waals surface area contributed by atoms with Crippen molar-refractivity contribution >= 4 is 21.8 Å². The van der Waals surface area contributed by atoms with Gasteiger partial charge in [0.25, 0.3) is 0 Å². The Kier molecular flexibility index (Phi) is 5.88. The number of methoxy groups -OCH3 is 1. The van der Waals surface area contributed by atoms with Crippen LogP contribution in [0.25, 0.3) is 0 Å². The quantitative estimate of drug-likeness (QED) is 0.798. The van der Waals surface area contributed by atoms with Crippen molar-refractivity contribution < 1.29 is 18.3 Å². The summed E-state index contributed by atoms with van der Waals surface area (Å²) in [5, 5.41) is 9.13. The molecule has 0 aliphatic rings. The van der Waals surface area contributed by atoms with Gasteiger partial charge < -0.3 is 9.84 Å². The van der Waals surface area contributed by atoms with Crippen LogP contribution in [0.4, 0.5) is 0 Å². The van der Waals surface area contributed by atoms with E-state index in [4.69, 9.17) is 9.84 Å². The Morgan fingerprint density at radius 1 is 1.40 bits per heavy atom. The van der Waals surface area contributed by atoms with Crippen molar-refractivity contribution in [3.05, 3.63) is 23.8 Å². The molecule has 1 aromatic carbocycles. The number of aliphatic hydroxyl groups is 1. The van der Waals surface area contributed by atoms with Crippen molar-refractivity contribution in [3.8, 4) is 5.75 Å². The van der Waals surface area contributed by atoms with Crippen LogP contribution < -0.4 is 9.46 Å². The van der Waals surface area contributed by atoms with Crippen molar-refractivity contribution in [1.82, 2.24) is 4.72 Å². The topological polar surface area (TPSA) is 75.6 Å². The summed E-state index contributed by atoms with van der Waals surface area (Å²) in [7, 11) is -2.26. The molecule has 1 aromatic rings. The highest BCUT2D eigenvalue weighted by Crippen LogP contribution is 2.26. The second kappa shape index (κ2) is 6.80. The highest BCUT2D eigenvalue weighted by molar-refractivity contribution is 8.00. The smallest absolute Gasteiger partial charge is 0.244 e. The molecule has 1 rings (SSSR count). The summed E-state index contributed by atoms with van der Waals surface area (Å²) in [4.78, 5) is 0.0449. The second-order valence-electron chi connectivity index (χ2n) is 4.93. The van der Waals surface area contributed by atoms with Gasteiger partial charge >= 0.3 is 0 Å². The summed E-state index contributed by atoms with van der Waals surface area (Å²) in [5.41, 5.74) is 0.523. The molecule has 0 radical (unpaired) electrons. The molecule has 5 nitrogen and oxygen atoms in total. The van der Waals surface area contributed by atoms with Crippen molar-refractivity contribution in [2.75, 3.05) is 19.9 Å². The Morgan fingerprint density at radius 2 is 2.05 bits per heavy atom. The zero-order valence-corrected chi connectivity index (χ0v) is 13.8.